The van der Waals surface area contributed by atoms with Crippen molar-refractivity contribution in [1.82, 2.24) is 0 Å². The molecule has 4 bridgehead atoms. The van der Waals surface area contributed by atoms with Crippen molar-refractivity contribution in [3.63, 3.8) is 0 Å². The first-order valence-corrected chi connectivity index (χ1v) is 22.7. The van der Waals surface area contributed by atoms with Crippen LogP contribution in [0.2, 0.25) is 15.6 Å². The SMILES string of the molecule is CC12C[As]3[As](C1)[As]3C2. The van der Waals surface area contributed by atoms with E-state index in [0.29, 0.717) is 0 Å². The van der Waals surface area contributed by atoms with Gasteiger partial charge >= 0.3 is 59.5 Å². The van der Waals surface area contributed by atoms with Crippen LogP contribution in [0.3, 0.4) is 0 Å². The van der Waals surface area contributed by atoms with E-state index in [1.54, 1.807) is 0 Å². The van der Waals surface area contributed by atoms with Gasteiger partial charge in [0.2, 0.25) is 0 Å². The fourth-order valence-corrected chi connectivity index (χ4v) is 147. The molecule has 0 saturated carbocycles. The topological polar surface area (TPSA) is 0 Å². The minimum atomic E-state index is 0.262. The fraction of sp³-hybridized carbons (Fsp3) is 1.00. The van der Waals surface area contributed by atoms with Crippen molar-refractivity contribution in [2.24, 2.45) is 5.41 Å². The molecule has 0 atom stereocenters. The van der Waals surface area contributed by atoms with E-state index in [1.807, 2.05) is 15.6 Å². The molecule has 0 unspecified atom stereocenters. The summed E-state index contributed by atoms with van der Waals surface area (Å²) >= 11 is 0. The van der Waals surface area contributed by atoms with Crippen molar-refractivity contribution in [3.8, 4) is 0 Å². The Morgan fingerprint density at radius 2 is 1.38 bits per heavy atom. The van der Waals surface area contributed by atoms with Crippen LogP contribution in [0.4, 0.5) is 0 Å². The molecule has 0 aromatic rings. The van der Waals surface area contributed by atoms with Crippen LogP contribution in [-0.2, 0) is 0 Å². The molecule has 0 radical (unpaired) electrons. The van der Waals surface area contributed by atoms with Crippen LogP contribution in [0.25, 0.3) is 0 Å². The first-order valence-electron chi connectivity index (χ1n) is 3.11. The monoisotopic (exact) mass is 294 g/mol. The van der Waals surface area contributed by atoms with Gasteiger partial charge in [0.05, 0.1) is 0 Å². The quantitative estimate of drug-likeness (QED) is 0.579. The predicted molar refractivity (Wildman–Crippen MR) is 39.8 cm³/mol. The first-order chi connectivity index (χ1) is 3.79. The van der Waals surface area contributed by atoms with Crippen LogP contribution in [-0.4, -0.2) is 31.6 Å². The number of hydrogen-bond donors (Lipinski definition) is 0. The van der Waals surface area contributed by atoms with E-state index in [2.05, 4.69) is 6.92 Å². The zero-order chi connectivity index (χ0) is 5.35. The van der Waals surface area contributed by atoms with Crippen LogP contribution in [0.5, 0.6) is 0 Å². The summed E-state index contributed by atoms with van der Waals surface area (Å²) in [6.07, 6.45) is 0. The molecule has 0 N–H and O–H groups in total. The molecule has 4 heterocycles. The molecular weight excluding hydrogens is 285 g/mol. The van der Waals surface area contributed by atoms with E-state index in [4.69, 9.17) is 0 Å². The second kappa shape index (κ2) is 1.32. The van der Waals surface area contributed by atoms with Gasteiger partial charge in [-0.15, -0.1) is 0 Å². The summed E-state index contributed by atoms with van der Waals surface area (Å²) in [5.41, 5.74) is 1.04. The van der Waals surface area contributed by atoms with Gasteiger partial charge < -0.3 is 0 Å². The Balaban J connectivity index is 2.13. The molecule has 0 aromatic heterocycles. The van der Waals surface area contributed by atoms with E-state index in [1.165, 1.54) is 0 Å². The second-order valence-corrected chi connectivity index (χ2v) is 64.8. The molecule has 44 valence electrons. The molecule has 0 aromatic carbocycles. The zero-order valence-electron chi connectivity index (χ0n) is 4.96. The van der Waals surface area contributed by atoms with Gasteiger partial charge in [0.15, 0.2) is 0 Å². The molecule has 4 fully saturated rings. The van der Waals surface area contributed by atoms with Gasteiger partial charge in [0.1, 0.15) is 0 Å². The molecule has 8 heavy (non-hydrogen) atoms. The van der Waals surface area contributed by atoms with E-state index in [-0.39, 0.29) is 31.6 Å². The Labute approximate surface area is 59.1 Å². The molecule has 3 heteroatoms. The van der Waals surface area contributed by atoms with Gasteiger partial charge in [-0.1, -0.05) is 0 Å². The standard InChI is InChI=1S/C5H9As3/c1-5-2-6-7(3-5)8(6)4-5/h2-4H2,1H3. The molecule has 0 spiro atoms. The summed E-state index contributed by atoms with van der Waals surface area (Å²) in [6, 6.07) is 0. The summed E-state index contributed by atoms with van der Waals surface area (Å²) in [6.45, 7) is 2.59. The van der Waals surface area contributed by atoms with Crippen LogP contribution in [0, 0.1) is 5.41 Å². The predicted octanol–water partition coefficient (Wildman–Crippen LogP) is 0.753. The van der Waals surface area contributed by atoms with Crippen molar-refractivity contribution in [2.45, 2.75) is 22.5 Å². The first kappa shape index (κ1) is 5.34. The second-order valence-electron chi connectivity index (χ2n) is 3.40. The Hall–Kier alpha value is 1.68. The summed E-state index contributed by atoms with van der Waals surface area (Å²) in [7, 11) is 0.786. The Morgan fingerprint density at radius 1 is 1.00 bits per heavy atom. The molecule has 4 rings (SSSR count). The van der Waals surface area contributed by atoms with E-state index < -0.39 is 0 Å². The van der Waals surface area contributed by atoms with Crippen molar-refractivity contribution in [1.29, 1.82) is 0 Å². The Kier molecular flexibility index (Phi) is 0.882. The molecule has 4 aliphatic heterocycles. The normalized spacial score (nSPS) is 73.9. The van der Waals surface area contributed by atoms with Crippen molar-refractivity contribution >= 4 is 31.6 Å². The van der Waals surface area contributed by atoms with Gasteiger partial charge in [-0.25, -0.2) is 0 Å². The molecule has 0 aliphatic carbocycles. The molecular formula is C5H9As3. The van der Waals surface area contributed by atoms with Crippen molar-refractivity contribution in [2.75, 3.05) is 0 Å². The van der Waals surface area contributed by atoms with Gasteiger partial charge in [-0.05, 0) is 0 Å². The van der Waals surface area contributed by atoms with Crippen LogP contribution in [0.15, 0.2) is 0 Å². The van der Waals surface area contributed by atoms with E-state index >= 15 is 0 Å². The number of hydrogen-bond acceptors (Lipinski definition) is 0. The van der Waals surface area contributed by atoms with E-state index in [0.717, 1.165) is 5.41 Å². The van der Waals surface area contributed by atoms with Crippen LogP contribution in [0.1, 0.15) is 6.92 Å². The third kappa shape index (κ3) is 0.481. The Bertz CT molecular complexity index is 123. The summed E-state index contributed by atoms with van der Waals surface area (Å²) in [4.78, 5) is 0. The average Bonchev–Trinajstić information content (AvgIpc) is 2.22. The summed E-state index contributed by atoms with van der Waals surface area (Å²) in [5, 5.41) is 5.58. The maximum absolute atomic E-state index is 2.59. The van der Waals surface area contributed by atoms with E-state index in [9.17, 15) is 0 Å². The zero-order valence-corrected chi connectivity index (χ0v) is 10.6. The Morgan fingerprint density at radius 3 is 1.50 bits per heavy atom. The molecule has 0 nitrogen and oxygen atoms in total. The summed E-state index contributed by atoms with van der Waals surface area (Å²) in [5.74, 6) is 0. The third-order valence-corrected chi connectivity index (χ3v) is 91.3. The van der Waals surface area contributed by atoms with Gasteiger partial charge in [-0.2, -0.15) is 0 Å². The molecule has 0 amide bonds. The van der Waals surface area contributed by atoms with Gasteiger partial charge in [0.25, 0.3) is 0 Å². The summed E-state index contributed by atoms with van der Waals surface area (Å²) < 4.78 is 0. The van der Waals surface area contributed by atoms with Crippen LogP contribution < -0.4 is 0 Å². The fourth-order valence-electron chi connectivity index (χ4n) is 1.88. The van der Waals surface area contributed by atoms with Crippen LogP contribution >= 0.6 is 0 Å². The van der Waals surface area contributed by atoms with Gasteiger partial charge in [-0.3, -0.25) is 0 Å². The molecule has 4 saturated heterocycles. The maximum atomic E-state index is 2.59. The third-order valence-electron chi connectivity index (χ3n) is 2.34. The van der Waals surface area contributed by atoms with Crippen molar-refractivity contribution < 1.29 is 0 Å². The average molecular weight is 294 g/mol. The van der Waals surface area contributed by atoms with Gasteiger partial charge in [0, 0.05) is 0 Å². The van der Waals surface area contributed by atoms with Crippen molar-refractivity contribution in [3.05, 3.63) is 0 Å². The number of rotatable bonds is 0. The molecule has 4 aliphatic rings. The minimum absolute atomic E-state index is 0.262.